The molecule has 0 atom stereocenters. The lowest BCUT2D eigenvalue weighted by Crippen LogP contribution is -2.32. The molecule has 3 heterocycles. The maximum atomic E-state index is 6.26. The van der Waals surface area contributed by atoms with Crippen LogP contribution in [0.1, 0.15) is 30.1 Å². The van der Waals surface area contributed by atoms with Crippen LogP contribution in [0.2, 0.25) is 5.02 Å². The van der Waals surface area contributed by atoms with Gasteiger partial charge in [0.2, 0.25) is 0 Å². The Labute approximate surface area is 151 Å². The maximum Gasteiger partial charge on any atom is 0.276 e. The summed E-state index contributed by atoms with van der Waals surface area (Å²) in [5.74, 6) is 1.62. The molecular formula is C19H19ClN4O. The first kappa shape index (κ1) is 16.2. The number of rotatable bonds is 4. The van der Waals surface area contributed by atoms with E-state index in [9.17, 15) is 0 Å². The number of pyridine rings is 1. The zero-order valence-electron chi connectivity index (χ0n) is 13.8. The van der Waals surface area contributed by atoms with Gasteiger partial charge in [0, 0.05) is 23.7 Å². The van der Waals surface area contributed by atoms with Gasteiger partial charge in [-0.3, -0.25) is 9.88 Å². The van der Waals surface area contributed by atoms with Crippen LogP contribution in [0.5, 0.6) is 0 Å². The third-order valence-electron chi connectivity index (χ3n) is 4.63. The molecule has 5 nitrogen and oxygen atoms in total. The van der Waals surface area contributed by atoms with Crippen LogP contribution < -0.4 is 0 Å². The van der Waals surface area contributed by atoms with Crippen LogP contribution in [-0.4, -0.2) is 33.1 Å². The van der Waals surface area contributed by atoms with Crippen LogP contribution >= 0.6 is 11.6 Å². The van der Waals surface area contributed by atoms with E-state index in [1.54, 1.807) is 6.20 Å². The number of nitrogens with zero attached hydrogens (tertiary/aromatic N) is 4. The van der Waals surface area contributed by atoms with E-state index >= 15 is 0 Å². The minimum atomic E-state index is 0.337. The fourth-order valence-corrected chi connectivity index (χ4v) is 3.41. The van der Waals surface area contributed by atoms with Gasteiger partial charge in [-0.2, -0.15) is 4.98 Å². The number of halogens is 1. The third-order valence-corrected chi connectivity index (χ3v) is 5.00. The molecule has 2 aromatic heterocycles. The summed E-state index contributed by atoms with van der Waals surface area (Å²) < 4.78 is 5.39. The Bertz CT molecular complexity index is 828. The molecule has 1 saturated heterocycles. The van der Waals surface area contributed by atoms with Crippen molar-refractivity contribution in [3.63, 3.8) is 0 Å². The van der Waals surface area contributed by atoms with E-state index in [4.69, 9.17) is 16.1 Å². The molecule has 0 saturated carbocycles. The Kier molecular flexibility index (Phi) is 4.76. The van der Waals surface area contributed by atoms with Crippen molar-refractivity contribution in [1.82, 2.24) is 20.0 Å². The molecule has 0 unspecified atom stereocenters. The van der Waals surface area contributed by atoms with Gasteiger partial charge >= 0.3 is 0 Å². The largest absolute Gasteiger partial charge is 0.332 e. The van der Waals surface area contributed by atoms with E-state index in [0.717, 1.165) is 49.0 Å². The molecule has 0 amide bonds. The number of likely N-dealkylation sites (tertiary alicyclic amines) is 1. The molecule has 0 aliphatic carbocycles. The van der Waals surface area contributed by atoms with Gasteiger partial charge < -0.3 is 4.52 Å². The van der Waals surface area contributed by atoms with Crippen LogP contribution in [0.25, 0.3) is 11.6 Å². The van der Waals surface area contributed by atoms with Gasteiger partial charge in [-0.15, -0.1) is 0 Å². The second-order valence-electron chi connectivity index (χ2n) is 6.31. The fraction of sp³-hybridized carbons (Fsp3) is 0.316. The highest BCUT2D eigenvalue weighted by atomic mass is 35.5. The summed E-state index contributed by atoms with van der Waals surface area (Å²) in [5.41, 5.74) is 1.90. The summed E-state index contributed by atoms with van der Waals surface area (Å²) in [6, 6.07) is 13.7. The van der Waals surface area contributed by atoms with Gasteiger partial charge in [0.15, 0.2) is 5.82 Å². The number of aromatic nitrogens is 3. The molecule has 1 fully saturated rings. The smallest absolute Gasteiger partial charge is 0.276 e. The molecule has 6 heteroatoms. The molecule has 3 aromatic rings. The van der Waals surface area contributed by atoms with E-state index in [2.05, 4.69) is 26.1 Å². The molecule has 128 valence electrons. The SMILES string of the molecule is Clc1ccccc1CN1CCC(c2noc(-c3ccccn3)n2)CC1. The summed E-state index contributed by atoms with van der Waals surface area (Å²) >= 11 is 6.26. The van der Waals surface area contributed by atoms with Crippen molar-refractivity contribution in [2.45, 2.75) is 25.3 Å². The van der Waals surface area contributed by atoms with Crippen LogP contribution in [-0.2, 0) is 6.54 Å². The second kappa shape index (κ2) is 7.33. The Morgan fingerprint density at radius 3 is 2.64 bits per heavy atom. The third kappa shape index (κ3) is 3.72. The van der Waals surface area contributed by atoms with Crippen molar-refractivity contribution in [1.29, 1.82) is 0 Å². The lowest BCUT2D eigenvalue weighted by molar-refractivity contribution is 0.200. The molecular weight excluding hydrogens is 336 g/mol. The minimum absolute atomic E-state index is 0.337. The number of benzene rings is 1. The lowest BCUT2D eigenvalue weighted by Gasteiger charge is -2.30. The Morgan fingerprint density at radius 2 is 1.88 bits per heavy atom. The van der Waals surface area contributed by atoms with Gasteiger partial charge in [0.1, 0.15) is 5.69 Å². The van der Waals surface area contributed by atoms with Gasteiger partial charge in [0.05, 0.1) is 0 Å². The predicted molar refractivity (Wildman–Crippen MR) is 96.2 cm³/mol. The predicted octanol–water partition coefficient (Wildman–Crippen LogP) is 4.16. The van der Waals surface area contributed by atoms with E-state index < -0.39 is 0 Å². The van der Waals surface area contributed by atoms with Gasteiger partial charge in [-0.1, -0.05) is 41.0 Å². The fourth-order valence-electron chi connectivity index (χ4n) is 3.21. The van der Waals surface area contributed by atoms with Crippen molar-refractivity contribution in [2.75, 3.05) is 13.1 Å². The molecule has 1 aliphatic heterocycles. The topological polar surface area (TPSA) is 55.1 Å². The zero-order valence-corrected chi connectivity index (χ0v) is 14.6. The monoisotopic (exact) mass is 354 g/mol. The number of piperidine rings is 1. The highest BCUT2D eigenvalue weighted by Gasteiger charge is 2.25. The first-order valence-corrected chi connectivity index (χ1v) is 8.88. The molecule has 25 heavy (non-hydrogen) atoms. The Hall–Kier alpha value is -2.24. The summed E-state index contributed by atoms with van der Waals surface area (Å²) in [6.45, 7) is 2.89. The highest BCUT2D eigenvalue weighted by molar-refractivity contribution is 6.31. The Morgan fingerprint density at radius 1 is 1.08 bits per heavy atom. The second-order valence-corrected chi connectivity index (χ2v) is 6.72. The lowest BCUT2D eigenvalue weighted by atomic mass is 9.96. The van der Waals surface area contributed by atoms with Crippen LogP contribution in [0.4, 0.5) is 0 Å². The molecule has 0 radical (unpaired) electrons. The van der Waals surface area contributed by atoms with E-state index in [0.29, 0.717) is 11.8 Å². The van der Waals surface area contributed by atoms with Crippen LogP contribution in [0.3, 0.4) is 0 Å². The van der Waals surface area contributed by atoms with Crippen LogP contribution in [0, 0.1) is 0 Å². The molecule has 0 spiro atoms. The van der Waals surface area contributed by atoms with Crippen molar-refractivity contribution in [2.24, 2.45) is 0 Å². The summed E-state index contributed by atoms with van der Waals surface area (Å²) in [5, 5.41) is 5.01. The van der Waals surface area contributed by atoms with E-state index in [1.165, 1.54) is 5.56 Å². The van der Waals surface area contributed by atoms with E-state index in [-0.39, 0.29) is 0 Å². The average molecular weight is 355 g/mol. The minimum Gasteiger partial charge on any atom is -0.332 e. The van der Waals surface area contributed by atoms with Gasteiger partial charge in [0.25, 0.3) is 5.89 Å². The first-order chi connectivity index (χ1) is 12.3. The summed E-state index contributed by atoms with van der Waals surface area (Å²) in [6.07, 6.45) is 3.77. The first-order valence-electron chi connectivity index (χ1n) is 8.50. The zero-order chi connectivity index (χ0) is 17.1. The summed E-state index contributed by atoms with van der Waals surface area (Å²) in [4.78, 5) is 11.2. The van der Waals surface area contributed by atoms with Gasteiger partial charge in [-0.25, -0.2) is 0 Å². The van der Waals surface area contributed by atoms with Crippen molar-refractivity contribution in [3.05, 3.63) is 65.1 Å². The molecule has 1 aromatic carbocycles. The number of hydrogen-bond donors (Lipinski definition) is 0. The normalized spacial score (nSPS) is 16.2. The molecule has 4 rings (SSSR count). The van der Waals surface area contributed by atoms with Crippen molar-refractivity contribution in [3.8, 4) is 11.6 Å². The quantitative estimate of drug-likeness (QED) is 0.704. The average Bonchev–Trinajstić information content (AvgIpc) is 3.15. The Balaban J connectivity index is 1.38. The van der Waals surface area contributed by atoms with Crippen molar-refractivity contribution >= 4 is 11.6 Å². The number of hydrogen-bond acceptors (Lipinski definition) is 5. The van der Waals surface area contributed by atoms with E-state index in [1.807, 2.05) is 36.4 Å². The van der Waals surface area contributed by atoms with Crippen LogP contribution in [0.15, 0.2) is 53.2 Å². The molecule has 0 N–H and O–H groups in total. The van der Waals surface area contributed by atoms with Gasteiger partial charge in [-0.05, 0) is 49.7 Å². The molecule has 1 aliphatic rings. The molecule has 0 bridgehead atoms. The maximum absolute atomic E-state index is 6.26. The highest BCUT2D eigenvalue weighted by Crippen LogP contribution is 2.29. The van der Waals surface area contributed by atoms with Crippen molar-refractivity contribution < 1.29 is 4.52 Å². The standard InChI is InChI=1S/C19H19ClN4O/c20-16-6-2-1-5-15(16)13-24-11-8-14(9-12-24)18-22-19(25-23-18)17-7-3-4-10-21-17/h1-7,10,14H,8-9,11-13H2. The summed E-state index contributed by atoms with van der Waals surface area (Å²) in [7, 11) is 0.